The fourth-order valence-electron chi connectivity index (χ4n) is 2.67. The number of amides is 1. The maximum absolute atomic E-state index is 12.0. The molecule has 116 valence electrons. The Morgan fingerprint density at radius 3 is 3.10 bits per heavy atom. The van der Waals surface area contributed by atoms with Crippen LogP contribution in [0.25, 0.3) is 0 Å². The number of rotatable bonds is 5. The van der Waals surface area contributed by atoms with Gasteiger partial charge >= 0.3 is 0 Å². The molecule has 4 N–H and O–H groups in total. The number of nitrogens with two attached hydrogens (primary N) is 1. The fraction of sp³-hybridized carbons (Fsp3) is 0.533. The van der Waals surface area contributed by atoms with Gasteiger partial charge in [0.1, 0.15) is 5.75 Å². The van der Waals surface area contributed by atoms with Gasteiger partial charge in [-0.2, -0.15) is 0 Å². The quantitative estimate of drug-likeness (QED) is 0.766. The van der Waals surface area contributed by atoms with Gasteiger partial charge < -0.3 is 16.2 Å². The molecule has 1 aromatic carbocycles. The van der Waals surface area contributed by atoms with Gasteiger partial charge in [0.15, 0.2) is 0 Å². The molecule has 6 heteroatoms. The molecular formula is C15H22ClN3O2. The number of aromatic hydroxyl groups is 1. The number of piperidine rings is 1. The van der Waals surface area contributed by atoms with Gasteiger partial charge in [0.25, 0.3) is 0 Å². The number of nitrogens with one attached hydrogen (secondary N) is 1. The number of hydrogen-bond donors (Lipinski definition) is 3. The minimum Gasteiger partial charge on any atom is -0.508 e. The number of nitrogens with zero attached hydrogens (tertiary/aromatic N) is 1. The average Bonchev–Trinajstić information content (AvgIpc) is 2.49. The van der Waals surface area contributed by atoms with Gasteiger partial charge in [-0.3, -0.25) is 9.69 Å². The van der Waals surface area contributed by atoms with Crippen molar-refractivity contribution in [2.75, 3.05) is 26.2 Å². The molecule has 0 spiro atoms. The molecule has 0 bridgehead atoms. The number of carbonyl (C=O) groups is 1. The van der Waals surface area contributed by atoms with Crippen LogP contribution in [0.3, 0.4) is 0 Å². The van der Waals surface area contributed by atoms with Crippen molar-refractivity contribution in [2.45, 2.75) is 19.4 Å². The maximum atomic E-state index is 12.0. The standard InChI is InChI=1S/C15H22ClN3O2/c16-13-3-4-14(20)12(8-13)10-19-7-1-2-11(9-19)15(21)18-6-5-17/h3-4,8,11,20H,1-2,5-7,9-10,17H2,(H,18,21). The lowest BCUT2D eigenvalue weighted by molar-refractivity contribution is -0.126. The number of carbonyl (C=O) groups excluding carboxylic acids is 1. The van der Waals surface area contributed by atoms with Crippen molar-refractivity contribution in [3.63, 3.8) is 0 Å². The Kier molecular flexibility index (Phi) is 5.85. The first kappa shape index (κ1) is 16.1. The van der Waals surface area contributed by atoms with Gasteiger partial charge in [-0.1, -0.05) is 11.6 Å². The van der Waals surface area contributed by atoms with E-state index >= 15 is 0 Å². The molecule has 0 radical (unpaired) electrons. The molecule has 0 saturated carbocycles. The Bertz CT molecular complexity index is 496. The molecule has 21 heavy (non-hydrogen) atoms. The summed E-state index contributed by atoms with van der Waals surface area (Å²) >= 11 is 5.97. The zero-order chi connectivity index (χ0) is 15.2. The summed E-state index contributed by atoms with van der Waals surface area (Å²) in [5, 5.41) is 13.3. The maximum Gasteiger partial charge on any atom is 0.224 e. The van der Waals surface area contributed by atoms with Gasteiger partial charge in [0.05, 0.1) is 5.92 Å². The van der Waals surface area contributed by atoms with Gasteiger partial charge in [0.2, 0.25) is 5.91 Å². The second-order valence-corrected chi connectivity index (χ2v) is 5.86. The third-order valence-corrected chi connectivity index (χ3v) is 3.99. The number of halogens is 1. The lowest BCUT2D eigenvalue weighted by Gasteiger charge is -2.32. The second-order valence-electron chi connectivity index (χ2n) is 5.43. The minimum absolute atomic E-state index is 0.00775. The van der Waals surface area contributed by atoms with Crippen LogP contribution < -0.4 is 11.1 Å². The van der Waals surface area contributed by atoms with Crippen LogP contribution in [0.1, 0.15) is 18.4 Å². The molecule has 1 atom stereocenters. The van der Waals surface area contributed by atoms with Gasteiger partial charge in [0, 0.05) is 36.8 Å². The third kappa shape index (κ3) is 4.59. The molecule has 1 aromatic rings. The monoisotopic (exact) mass is 311 g/mol. The van der Waals surface area contributed by atoms with Crippen molar-refractivity contribution < 1.29 is 9.90 Å². The van der Waals surface area contributed by atoms with Crippen molar-refractivity contribution in [1.82, 2.24) is 10.2 Å². The van der Waals surface area contributed by atoms with Crippen LogP contribution in [0.5, 0.6) is 5.75 Å². The molecule has 1 aliphatic heterocycles. The van der Waals surface area contributed by atoms with E-state index in [-0.39, 0.29) is 17.6 Å². The number of phenols is 1. The van der Waals surface area contributed by atoms with E-state index in [4.69, 9.17) is 17.3 Å². The summed E-state index contributed by atoms with van der Waals surface area (Å²) < 4.78 is 0. The van der Waals surface area contributed by atoms with Crippen LogP contribution in [0.4, 0.5) is 0 Å². The molecule has 2 rings (SSSR count). The molecule has 0 aliphatic carbocycles. The van der Waals surface area contributed by atoms with Crippen molar-refractivity contribution in [3.05, 3.63) is 28.8 Å². The lowest BCUT2D eigenvalue weighted by atomic mass is 9.96. The smallest absolute Gasteiger partial charge is 0.224 e. The molecule has 1 fully saturated rings. The summed E-state index contributed by atoms with van der Waals surface area (Å²) in [5.74, 6) is 0.307. The molecule has 1 aliphatic rings. The largest absolute Gasteiger partial charge is 0.508 e. The van der Waals surface area contributed by atoms with Crippen molar-refractivity contribution in [2.24, 2.45) is 11.7 Å². The Labute approximate surface area is 130 Å². The number of benzene rings is 1. The minimum atomic E-state index is -0.00775. The first-order valence-electron chi connectivity index (χ1n) is 7.27. The van der Waals surface area contributed by atoms with Gasteiger partial charge in [-0.15, -0.1) is 0 Å². The predicted octanol–water partition coefficient (Wildman–Crippen LogP) is 1.33. The van der Waals surface area contributed by atoms with Crippen LogP contribution in [-0.4, -0.2) is 42.1 Å². The topological polar surface area (TPSA) is 78.6 Å². The summed E-state index contributed by atoms with van der Waals surface area (Å²) in [6.07, 6.45) is 1.87. The van der Waals surface area contributed by atoms with E-state index < -0.39 is 0 Å². The van der Waals surface area contributed by atoms with E-state index in [9.17, 15) is 9.90 Å². The summed E-state index contributed by atoms with van der Waals surface area (Å²) in [4.78, 5) is 14.2. The number of likely N-dealkylation sites (tertiary alicyclic amines) is 1. The van der Waals surface area contributed by atoms with Crippen LogP contribution in [0, 0.1) is 5.92 Å². The summed E-state index contributed by atoms with van der Waals surface area (Å²) in [7, 11) is 0. The van der Waals surface area contributed by atoms with Crippen molar-refractivity contribution in [1.29, 1.82) is 0 Å². The van der Waals surface area contributed by atoms with E-state index in [2.05, 4.69) is 10.2 Å². The third-order valence-electron chi connectivity index (χ3n) is 3.76. The predicted molar refractivity (Wildman–Crippen MR) is 83.2 cm³/mol. The first-order valence-corrected chi connectivity index (χ1v) is 7.65. The molecule has 1 saturated heterocycles. The zero-order valence-corrected chi connectivity index (χ0v) is 12.8. The van der Waals surface area contributed by atoms with Gasteiger partial charge in [-0.05, 0) is 37.6 Å². The van der Waals surface area contributed by atoms with E-state index in [1.165, 1.54) is 0 Å². The summed E-state index contributed by atoms with van der Waals surface area (Å²) in [5.41, 5.74) is 6.20. The molecule has 1 heterocycles. The Morgan fingerprint density at radius 2 is 2.33 bits per heavy atom. The van der Waals surface area contributed by atoms with E-state index in [0.29, 0.717) is 31.2 Å². The van der Waals surface area contributed by atoms with Crippen molar-refractivity contribution >= 4 is 17.5 Å². The average molecular weight is 312 g/mol. The first-order chi connectivity index (χ1) is 10.1. The van der Waals surface area contributed by atoms with E-state index in [1.54, 1.807) is 18.2 Å². The SMILES string of the molecule is NCCNC(=O)C1CCCN(Cc2cc(Cl)ccc2O)C1. The summed E-state index contributed by atoms with van der Waals surface area (Å²) in [6, 6.07) is 5.04. The highest BCUT2D eigenvalue weighted by molar-refractivity contribution is 6.30. The van der Waals surface area contributed by atoms with E-state index in [1.807, 2.05) is 0 Å². The number of phenolic OH excluding ortho intramolecular Hbond substituents is 1. The highest BCUT2D eigenvalue weighted by Crippen LogP contribution is 2.25. The van der Waals surface area contributed by atoms with Crippen LogP contribution >= 0.6 is 11.6 Å². The second kappa shape index (κ2) is 7.64. The Hall–Kier alpha value is -1.30. The Morgan fingerprint density at radius 1 is 1.52 bits per heavy atom. The molecule has 5 nitrogen and oxygen atoms in total. The number of hydrogen-bond acceptors (Lipinski definition) is 4. The van der Waals surface area contributed by atoms with Crippen LogP contribution in [-0.2, 0) is 11.3 Å². The highest BCUT2D eigenvalue weighted by atomic mass is 35.5. The zero-order valence-electron chi connectivity index (χ0n) is 12.0. The normalized spacial score (nSPS) is 19.4. The molecule has 1 amide bonds. The van der Waals surface area contributed by atoms with Crippen molar-refractivity contribution in [3.8, 4) is 5.75 Å². The highest BCUT2D eigenvalue weighted by Gasteiger charge is 2.25. The van der Waals surface area contributed by atoms with Crippen LogP contribution in [0.2, 0.25) is 5.02 Å². The molecule has 1 unspecified atom stereocenters. The van der Waals surface area contributed by atoms with E-state index in [0.717, 1.165) is 24.9 Å². The fourth-order valence-corrected chi connectivity index (χ4v) is 2.87. The Balaban J connectivity index is 1.94. The molecular weight excluding hydrogens is 290 g/mol. The van der Waals surface area contributed by atoms with Crippen LogP contribution in [0.15, 0.2) is 18.2 Å². The molecule has 0 aromatic heterocycles. The van der Waals surface area contributed by atoms with Gasteiger partial charge in [-0.25, -0.2) is 0 Å². The lowest BCUT2D eigenvalue weighted by Crippen LogP contribution is -2.43. The summed E-state index contributed by atoms with van der Waals surface area (Å²) in [6.45, 7) is 3.20.